The summed E-state index contributed by atoms with van der Waals surface area (Å²) in [5.74, 6) is 1.72. The summed E-state index contributed by atoms with van der Waals surface area (Å²) in [4.78, 5) is 4.64. The van der Waals surface area contributed by atoms with Crippen LogP contribution in [0.15, 0.2) is 22.7 Å². The van der Waals surface area contributed by atoms with E-state index in [4.69, 9.17) is 9.26 Å². The minimum Gasteiger partial charge on any atom is -0.381 e. The summed E-state index contributed by atoms with van der Waals surface area (Å²) in [6.45, 7) is 7.00. The lowest BCUT2D eigenvalue weighted by molar-refractivity contribution is 0.0513. The van der Waals surface area contributed by atoms with Crippen molar-refractivity contribution in [1.29, 1.82) is 0 Å². The van der Waals surface area contributed by atoms with E-state index in [0.717, 1.165) is 56.5 Å². The fraction of sp³-hybridized carbons (Fsp3) is 0.640. The number of aromatic nitrogens is 4. The van der Waals surface area contributed by atoms with Gasteiger partial charge in [-0.1, -0.05) is 26.0 Å². The standard InChI is InChI=1S/C25H34FN5O2/c1-16(2)22-20-6-3-7-21(26)23(20)31(29-22)25-28-24(33-30-25)18-8-10-19(11-9-18)27-13-12-17-5-4-14-32-15-17/h3,6-7,16-19,27H,4-5,8-15H2,1-2H3. The van der Waals surface area contributed by atoms with Crippen molar-refractivity contribution in [3.05, 3.63) is 35.6 Å². The number of hydrogen-bond acceptors (Lipinski definition) is 6. The summed E-state index contributed by atoms with van der Waals surface area (Å²) in [6, 6.07) is 5.60. The molecule has 1 atom stereocenters. The van der Waals surface area contributed by atoms with Crippen molar-refractivity contribution in [2.24, 2.45) is 5.92 Å². The van der Waals surface area contributed by atoms with Crippen LogP contribution in [-0.4, -0.2) is 45.7 Å². The van der Waals surface area contributed by atoms with Gasteiger partial charge in [0.2, 0.25) is 5.89 Å². The highest BCUT2D eigenvalue weighted by molar-refractivity contribution is 5.84. The fourth-order valence-electron chi connectivity index (χ4n) is 5.27. The summed E-state index contributed by atoms with van der Waals surface area (Å²) < 4.78 is 27.4. The second-order valence-corrected chi connectivity index (χ2v) is 9.89. The van der Waals surface area contributed by atoms with Crippen LogP contribution in [-0.2, 0) is 4.74 Å². The third-order valence-corrected chi connectivity index (χ3v) is 7.17. The lowest BCUT2D eigenvalue weighted by atomic mass is 9.86. The van der Waals surface area contributed by atoms with Crippen LogP contribution in [0.1, 0.15) is 82.2 Å². The summed E-state index contributed by atoms with van der Waals surface area (Å²) in [7, 11) is 0. The third kappa shape index (κ3) is 4.82. The van der Waals surface area contributed by atoms with Crippen molar-refractivity contribution in [3.8, 4) is 5.95 Å². The van der Waals surface area contributed by atoms with Crippen LogP contribution in [0.2, 0.25) is 0 Å². The van der Waals surface area contributed by atoms with Gasteiger partial charge >= 0.3 is 0 Å². The van der Waals surface area contributed by atoms with Crippen LogP contribution in [0, 0.1) is 11.7 Å². The molecule has 7 nitrogen and oxygen atoms in total. The van der Waals surface area contributed by atoms with Crippen LogP contribution < -0.4 is 5.32 Å². The van der Waals surface area contributed by atoms with E-state index in [0.29, 0.717) is 29.3 Å². The Bertz CT molecular complexity index is 1060. The Hall–Kier alpha value is -2.32. The van der Waals surface area contributed by atoms with E-state index < -0.39 is 0 Å². The highest BCUT2D eigenvalue weighted by Gasteiger charge is 2.28. The molecule has 0 spiro atoms. The Morgan fingerprint density at radius 1 is 1.18 bits per heavy atom. The normalized spacial score (nSPS) is 24.1. The molecule has 1 aromatic carbocycles. The Morgan fingerprint density at radius 3 is 2.79 bits per heavy atom. The largest absolute Gasteiger partial charge is 0.381 e. The molecular formula is C25H34FN5O2. The van der Waals surface area contributed by atoms with Crippen LogP contribution >= 0.6 is 0 Å². The predicted octanol–water partition coefficient (Wildman–Crippen LogP) is 5.10. The maximum absolute atomic E-state index is 14.7. The van der Waals surface area contributed by atoms with E-state index in [1.54, 1.807) is 6.07 Å². The van der Waals surface area contributed by atoms with Crippen LogP contribution in [0.25, 0.3) is 16.9 Å². The van der Waals surface area contributed by atoms with E-state index in [-0.39, 0.29) is 17.7 Å². The predicted molar refractivity (Wildman–Crippen MR) is 124 cm³/mol. The number of ether oxygens (including phenoxy) is 1. The first kappa shape index (κ1) is 22.5. The van der Waals surface area contributed by atoms with Crippen LogP contribution in [0.3, 0.4) is 0 Å². The van der Waals surface area contributed by atoms with Crippen LogP contribution in [0.4, 0.5) is 4.39 Å². The average molecular weight is 456 g/mol. The molecule has 1 saturated carbocycles. The molecule has 0 radical (unpaired) electrons. The van der Waals surface area contributed by atoms with Gasteiger partial charge in [-0.25, -0.2) is 4.39 Å². The Balaban J connectivity index is 1.21. The molecule has 0 bridgehead atoms. The number of benzene rings is 1. The van der Waals surface area contributed by atoms with Gasteiger partial charge in [-0.2, -0.15) is 14.8 Å². The second kappa shape index (κ2) is 9.89. The van der Waals surface area contributed by atoms with Gasteiger partial charge in [0.1, 0.15) is 11.3 Å². The fourth-order valence-corrected chi connectivity index (χ4v) is 5.27. The SMILES string of the molecule is CC(C)c1nn(-c2noc(C3CCC(NCCC4CCCOC4)CC3)n2)c2c(F)cccc12. The van der Waals surface area contributed by atoms with E-state index >= 15 is 0 Å². The van der Waals surface area contributed by atoms with Crippen LogP contribution in [0.5, 0.6) is 0 Å². The quantitative estimate of drug-likeness (QED) is 0.534. The lowest BCUT2D eigenvalue weighted by Gasteiger charge is -2.28. The Labute approximate surface area is 194 Å². The summed E-state index contributed by atoms with van der Waals surface area (Å²) in [6.07, 6.45) is 7.90. The number of nitrogens with zero attached hydrogens (tertiary/aromatic N) is 4. The molecule has 5 rings (SSSR count). The van der Waals surface area contributed by atoms with Crippen molar-refractivity contribution in [1.82, 2.24) is 25.2 Å². The molecule has 2 fully saturated rings. The first-order valence-electron chi connectivity index (χ1n) is 12.4. The maximum atomic E-state index is 14.7. The number of nitrogens with one attached hydrogen (secondary N) is 1. The first-order chi connectivity index (χ1) is 16.1. The van der Waals surface area contributed by atoms with Crippen molar-refractivity contribution < 1.29 is 13.7 Å². The molecule has 3 aromatic rings. The van der Waals surface area contributed by atoms with Crippen molar-refractivity contribution in [2.45, 2.75) is 76.7 Å². The zero-order valence-corrected chi connectivity index (χ0v) is 19.6. The lowest BCUT2D eigenvalue weighted by Crippen LogP contribution is -2.34. The molecular weight excluding hydrogens is 421 g/mol. The highest BCUT2D eigenvalue weighted by atomic mass is 19.1. The van der Waals surface area contributed by atoms with Crippen molar-refractivity contribution in [2.75, 3.05) is 19.8 Å². The number of fused-ring (bicyclic) bond motifs is 1. The molecule has 1 N–H and O–H groups in total. The van der Waals surface area contributed by atoms with E-state index in [1.165, 1.54) is 30.0 Å². The number of hydrogen-bond donors (Lipinski definition) is 1. The third-order valence-electron chi connectivity index (χ3n) is 7.17. The average Bonchev–Trinajstić information content (AvgIpc) is 3.46. The van der Waals surface area contributed by atoms with Gasteiger partial charge in [-0.3, -0.25) is 0 Å². The molecule has 178 valence electrons. The molecule has 8 heteroatoms. The van der Waals surface area contributed by atoms with E-state index in [2.05, 4.69) is 20.6 Å². The maximum Gasteiger partial charge on any atom is 0.291 e. The summed E-state index contributed by atoms with van der Waals surface area (Å²) in [5.41, 5.74) is 1.24. The molecule has 2 aromatic heterocycles. The van der Waals surface area contributed by atoms with Gasteiger partial charge in [0, 0.05) is 30.6 Å². The van der Waals surface area contributed by atoms with E-state index in [9.17, 15) is 4.39 Å². The minimum atomic E-state index is -0.329. The Morgan fingerprint density at radius 2 is 2.03 bits per heavy atom. The van der Waals surface area contributed by atoms with Gasteiger partial charge in [0.05, 0.1) is 5.69 Å². The summed E-state index contributed by atoms with van der Waals surface area (Å²) in [5, 5.41) is 13.3. The smallest absolute Gasteiger partial charge is 0.291 e. The Kier molecular flexibility index (Phi) is 6.74. The van der Waals surface area contributed by atoms with Gasteiger partial charge in [-0.15, -0.1) is 0 Å². The monoisotopic (exact) mass is 455 g/mol. The highest BCUT2D eigenvalue weighted by Crippen LogP contribution is 2.33. The topological polar surface area (TPSA) is 78.0 Å². The molecule has 1 aliphatic heterocycles. The molecule has 1 aliphatic carbocycles. The molecule has 1 unspecified atom stereocenters. The van der Waals surface area contributed by atoms with Gasteiger partial charge in [0.15, 0.2) is 0 Å². The molecule has 33 heavy (non-hydrogen) atoms. The number of para-hydroxylation sites is 1. The summed E-state index contributed by atoms with van der Waals surface area (Å²) >= 11 is 0. The molecule has 3 heterocycles. The van der Waals surface area contributed by atoms with Crippen molar-refractivity contribution in [3.63, 3.8) is 0 Å². The molecule has 0 amide bonds. The minimum absolute atomic E-state index is 0.162. The molecule has 1 saturated heterocycles. The number of halogens is 1. The van der Waals surface area contributed by atoms with Gasteiger partial charge in [-0.05, 0) is 74.5 Å². The second-order valence-electron chi connectivity index (χ2n) is 9.89. The first-order valence-corrected chi connectivity index (χ1v) is 12.4. The zero-order chi connectivity index (χ0) is 22.8. The zero-order valence-electron chi connectivity index (χ0n) is 19.6. The van der Waals surface area contributed by atoms with E-state index in [1.807, 2.05) is 19.9 Å². The molecule has 2 aliphatic rings. The van der Waals surface area contributed by atoms with Crippen molar-refractivity contribution >= 4 is 10.9 Å². The van der Waals surface area contributed by atoms with Gasteiger partial charge in [0.25, 0.3) is 5.95 Å². The number of rotatable bonds is 7. The van der Waals surface area contributed by atoms with Gasteiger partial charge < -0.3 is 14.6 Å².